The van der Waals surface area contributed by atoms with Crippen LogP contribution < -0.4 is 15.5 Å². The molecule has 7 heteroatoms. The molecule has 0 amide bonds. The van der Waals surface area contributed by atoms with Crippen LogP contribution in [-0.4, -0.2) is 45.1 Å². The number of hydrogen-bond donors (Lipinski definition) is 2. The molecule has 21 heavy (non-hydrogen) atoms. The number of aliphatic imine (C=N–C) groups is 1. The van der Waals surface area contributed by atoms with Gasteiger partial charge >= 0.3 is 0 Å². The molecule has 1 saturated heterocycles. The average Bonchev–Trinajstić information content (AvgIpc) is 2.92. The van der Waals surface area contributed by atoms with E-state index in [4.69, 9.17) is 11.6 Å². The van der Waals surface area contributed by atoms with Crippen molar-refractivity contribution in [3.05, 3.63) is 29.3 Å². The molecule has 1 fully saturated rings. The van der Waals surface area contributed by atoms with Crippen molar-refractivity contribution in [2.75, 3.05) is 31.6 Å². The molecule has 0 bridgehead atoms. The number of nitrogens with zero attached hydrogens (tertiary/aromatic N) is 2. The van der Waals surface area contributed by atoms with Crippen LogP contribution in [0.2, 0.25) is 5.02 Å². The molecule has 0 saturated carbocycles. The third-order valence-corrected chi connectivity index (χ3v) is 3.58. The second-order valence-electron chi connectivity index (χ2n) is 4.90. The fourth-order valence-corrected chi connectivity index (χ4v) is 2.53. The van der Waals surface area contributed by atoms with E-state index < -0.39 is 13.0 Å². The maximum absolute atomic E-state index is 12.2. The number of guanidine groups is 1. The SMILES string of the molecule is CN=C(NCC(F)F)NC1CCN(c2cccc(Cl)c2)C1. The van der Waals surface area contributed by atoms with Crippen LogP contribution in [0.5, 0.6) is 0 Å². The molecule has 116 valence electrons. The standard InChI is InChI=1S/C14H19ClF2N4/c1-18-14(19-8-13(16)17)20-11-5-6-21(9-11)12-4-2-3-10(15)7-12/h2-4,7,11,13H,5-6,8-9H2,1H3,(H2,18,19,20). The van der Waals surface area contributed by atoms with Crippen molar-refractivity contribution in [2.45, 2.75) is 18.9 Å². The van der Waals surface area contributed by atoms with Crippen molar-refractivity contribution in [1.29, 1.82) is 0 Å². The van der Waals surface area contributed by atoms with Gasteiger partial charge in [-0.3, -0.25) is 4.99 Å². The lowest BCUT2D eigenvalue weighted by Gasteiger charge is -2.20. The predicted octanol–water partition coefficient (Wildman–Crippen LogP) is 2.35. The molecule has 2 N–H and O–H groups in total. The Balaban J connectivity index is 1.87. The highest BCUT2D eigenvalue weighted by Crippen LogP contribution is 2.23. The molecule has 1 aromatic carbocycles. The summed E-state index contributed by atoms with van der Waals surface area (Å²) in [5.74, 6) is 0.410. The van der Waals surface area contributed by atoms with Crippen molar-refractivity contribution in [3.63, 3.8) is 0 Å². The third-order valence-electron chi connectivity index (χ3n) is 3.35. The van der Waals surface area contributed by atoms with Gasteiger partial charge in [0.2, 0.25) is 0 Å². The topological polar surface area (TPSA) is 39.7 Å². The number of anilines is 1. The molecule has 0 aromatic heterocycles. The summed E-state index contributed by atoms with van der Waals surface area (Å²) in [7, 11) is 1.57. The highest BCUT2D eigenvalue weighted by Gasteiger charge is 2.23. The molecule has 0 aliphatic carbocycles. The van der Waals surface area contributed by atoms with Crippen molar-refractivity contribution >= 4 is 23.2 Å². The molecule has 4 nitrogen and oxygen atoms in total. The second kappa shape index (κ2) is 7.45. The van der Waals surface area contributed by atoms with Crippen molar-refractivity contribution < 1.29 is 8.78 Å². The molecular formula is C14H19ClF2N4. The van der Waals surface area contributed by atoms with Gasteiger partial charge in [-0.25, -0.2) is 8.78 Å². The van der Waals surface area contributed by atoms with Gasteiger partial charge in [0.15, 0.2) is 5.96 Å². The Hall–Kier alpha value is -1.56. The highest BCUT2D eigenvalue weighted by molar-refractivity contribution is 6.30. The number of alkyl halides is 2. The fourth-order valence-electron chi connectivity index (χ4n) is 2.35. The van der Waals surface area contributed by atoms with Crippen LogP contribution in [0, 0.1) is 0 Å². The Kier molecular flexibility index (Phi) is 5.61. The first-order chi connectivity index (χ1) is 10.1. The van der Waals surface area contributed by atoms with Gasteiger partial charge in [-0.2, -0.15) is 0 Å². The molecule has 2 rings (SSSR count). The van der Waals surface area contributed by atoms with Gasteiger partial charge in [-0.1, -0.05) is 17.7 Å². The Morgan fingerprint density at radius 1 is 1.52 bits per heavy atom. The molecule has 1 aliphatic heterocycles. The minimum Gasteiger partial charge on any atom is -0.369 e. The van der Waals surface area contributed by atoms with Gasteiger partial charge < -0.3 is 15.5 Å². The van der Waals surface area contributed by atoms with Gasteiger partial charge in [-0.15, -0.1) is 0 Å². The van der Waals surface area contributed by atoms with Crippen LogP contribution in [0.15, 0.2) is 29.3 Å². The maximum atomic E-state index is 12.2. The zero-order valence-electron chi connectivity index (χ0n) is 11.8. The predicted molar refractivity (Wildman–Crippen MR) is 82.6 cm³/mol. The summed E-state index contributed by atoms with van der Waals surface area (Å²) >= 11 is 5.99. The molecule has 1 heterocycles. The van der Waals surface area contributed by atoms with Gasteiger partial charge in [-0.05, 0) is 24.6 Å². The largest absolute Gasteiger partial charge is 0.369 e. The molecular weight excluding hydrogens is 298 g/mol. The van der Waals surface area contributed by atoms with E-state index in [1.165, 1.54) is 0 Å². The van der Waals surface area contributed by atoms with E-state index in [9.17, 15) is 8.78 Å². The van der Waals surface area contributed by atoms with Crippen LogP contribution in [0.1, 0.15) is 6.42 Å². The van der Waals surface area contributed by atoms with E-state index in [0.717, 1.165) is 25.2 Å². The number of hydrogen-bond acceptors (Lipinski definition) is 2. The Morgan fingerprint density at radius 3 is 3.00 bits per heavy atom. The maximum Gasteiger partial charge on any atom is 0.255 e. The highest BCUT2D eigenvalue weighted by atomic mass is 35.5. The molecule has 1 aliphatic rings. The summed E-state index contributed by atoms with van der Waals surface area (Å²) in [6.07, 6.45) is -1.47. The van der Waals surface area contributed by atoms with Gasteiger partial charge in [0.1, 0.15) is 0 Å². The minimum atomic E-state index is -2.39. The smallest absolute Gasteiger partial charge is 0.255 e. The Labute approximate surface area is 128 Å². The normalized spacial score (nSPS) is 19.2. The monoisotopic (exact) mass is 316 g/mol. The number of benzene rings is 1. The number of nitrogens with one attached hydrogen (secondary N) is 2. The van der Waals surface area contributed by atoms with E-state index >= 15 is 0 Å². The van der Waals surface area contributed by atoms with Crippen molar-refractivity contribution in [2.24, 2.45) is 4.99 Å². The molecule has 0 radical (unpaired) electrons. The number of halogens is 3. The summed E-state index contributed by atoms with van der Waals surface area (Å²) < 4.78 is 24.4. The van der Waals surface area contributed by atoms with E-state index in [-0.39, 0.29) is 6.04 Å². The van der Waals surface area contributed by atoms with E-state index in [1.54, 1.807) is 7.05 Å². The van der Waals surface area contributed by atoms with Crippen LogP contribution in [0.25, 0.3) is 0 Å². The summed E-state index contributed by atoms with van der Waals surface area (Å²) in [6, 6.07) is 7.87. The van der Waals surface area contributed by atoms with Crippen molar-refractivity contribution in [3.8, 4) is 0 Å². The van der Waals surface area contributed by atoms with E-state index in [2.05, 4.69) is 20.5 Å². The van der Waals surface area contributed by atoms with Gasteiger partial charge in [0, 0.05) is 36.9 Å². The van der Waals surface area contributed by atoms with Gasteiger partial charge in [0.05, 0.1) is 6.54 Å². The first-order valence-corrected chi connectivity index (χ1v) is 7.22. The van der Waals surface area contributed by atoms with Crippen molar-refractivity contribution in [1.82, 2.24) is 10.6 Å². The minimum absolute atomic E-state index is 0.174. The first kappa shape index (κ1) is 15.8. The summed E-state index contributed by atoms with van der Waals surface area (Å²) in [5, 5.41) is 6.48. The second-order valence-corrected chi connectivity index (χ2v) is 5.34. The summed E-state index contributed by atoms with van der Waals surface area (Å²) in [6.45, 7) is 1.28. The van der Waals surface area contributed by atoms with Crippen LogP contribution in [-0.2, 0) is 0 Å². The lowest BCUT2D eigenvalue weighted by molar-refractivity contribution is 0.152. The van der Waals surface area contributed by atoms with Crippen LogP contribution in [0.3, 0.4) is 0 Å². The lowest BCUT2D eigenvalue weighted by Crippen LogP contribution is -2.45. The first-order valence-electron chi connectivity index (χ1n) is 6.84. The van der Waals surface area contributed by atoms with E-state index in [1.807, 2.05) is 24.3 Å². The average molecular weight is 317 g/mol. The van der Waals surface area contributed by atoms with E-state index in [0.29, 0.717) is 11.0 Å². The number of rotatable bonds is 4. The van der Waals surface area contributed by atoms with Crippen LogP contribution in [0.4, 0.5) is 14.5 Å². The molecule has 1 aromatic rings. The Morgan fingerprint density at radius 2 is 2.33 bits per heavy atom. The quantitative estimate of drug-likeness (QED) is 0.661. The molecule has 1 unspecified atom stereocenters. The molecule has 1 atom stereocenters. The van der Waals surface area contributed by atoms with Crippen LogP contribution >= 0.6 is 11.6 Å². The molecule has 0 spiro atoms. The lowest BCUT2D eigenvalue weighted by atomic mass is 10.3. The zero-order valence-corrected chi connectivity index (χ0v) is 12.6. The third kappa shape index (κ3) is 4.74. The summed E-state index contributed by atoms with van der Waals surface area (Å²) in [5.41, 5.74) is 1.07. The zero-order chi connectivity index (χ0) is 15.2. The van der Waals surface area contributed by atoms with Gasteiger partial charge in [0.25, 0.3) is 6.43 Å². The Bertz CT molecular complexity index is 496. The fraction of sp³-hybridized carbons (Fsp3) is 0.500. The summed E-state index contributed by atoms with van der Waals surface area (Å²) in [4.78, 5) is 6.17.